The Labute approximate surface area is 163 Å². The molecule has 1 aromatic carbocycles. The van der Waals surface area contributed by atoms with Crippen LogP contribution in [0.15, 0.2) is 30.5 Å². The number of hydrogen-bond donors (Lipinski definition) is 6. The van der Waals surface area contributed by atoms with Crippen molar-refractivity contribution in [3.05, 3.63) is 36.0 Å². The van der Waals surface area contributed by atoms with E-state index in [-0.39, 0.29) is 12.3 Å². The molecule has 9 nitrogen and oxygen atoms in total. The van der Waals surface area contributed by atoms with Crippen molar-refractivity contribution in [2.45, 2.75) is 44.7 Å². The first-order valence-corrected chi connectivity index (χ1v) is 8.99. The molecule has 0 saturated heterocycles. The largest absolute Gasteiger partial charge is 0.480 e. The molecule has 0 bridgehead atoms. The van der Waals surface area contributed by atoms with Gasteiger partial charge in [-0.2, -0.15) is 0 Å². The van der Waals surface area contributed by atoms with E-state index in [1.807, 2.05) is 24.3 Å². The summed E-state index contributed by atoms with van der Waals surface area (Å²) in [5.41, 5.74) is 12.3. The van der Waals surface area contributed by atoms with Gasteiger partial charge in [-0.25, -0.2) is 4.79 Å². The van der Waals surface area contributed by atoms with Gasteiger partial charge in [0, 0.05) is 30.4 Å². The van der Waals surface area contributed by atoms with Crippen LogP contribution in [-0.4, -0.2) is 51.7 Å². The van der Waals surface area contributed by atoms with Crippen LogP contribution in [0.2, 0.25) is 0 Å². The van der Waals surface area contributed by atoms with Crippen molar-refractivity contribution in [1.29, 1.82) is 0 Å². The highest BCUT2D eigenvalue weighted by atomic mass is 16.4. The lowest BCUT2D eigenvalue weighted by Gasteiger charge is -2.12. The van der Waals surface area contributed by atoms with E-state index < -0.39 is 24.0 Å². The van der Waals surface area contributed by atoms with Crippen molar-refractivity contribution < 1.29 is 24.6 Å². The number of nitrogens with two attached hydrogens (primary N) is 2. The van der Waals surface area contributed by atoms with Crippen LogP contribution in [-0.2, 0) is 20.8 Å². The topological polar surface area (TPSA) is 172 Å². The zero-order valence-corrected chi connectivity index (χ0v) is 15.9. The molecule has 0 spiro atoms. The van der Waals surface area contributed by atoms with Gasteiger partial charge in [0.2, 0.25) is 5.91 Å². The number of aromatic nitrogens is 1. The Morgan fingerprint density at radius 2 is 1.82 bits per heavy atom. The van der Waals surface area contributed by atoms with Crippen molar-refractivity contribution in [2.75, 3.05) is 6.54 Å². The maximum absolute atomic E-state index is 11.1. The van der Waals surface area contributed by atoms with Gasteiger partial charge >= 0.3 is 11.9 Å². The lowest BCUT2D eigenvalue weighted by atomic mass is 10.1. The van der Waals surface area contributed by atoms with Gasteiger partial charge in [-0.1, -0.05) is 24.6 Å². The SMILES string of the molecule is CC(=O)NC(Cc1c[nH]c2ccccc12)C(=O)O.NCCCCC(N)C(=O)O. The van der Waals surface area contributed by atoms with E-state index in [4.69, 9.17) is 21.7 Å². The zero-order chi connectivity index (χ0) is 21.1. The number of unbranched alkanes of at least 4 members (excludes halogenated alkanes) is 1. The van der Waals surface area contributed by atoms with E-state index in [2.05, 4.69) is 10.3 Å². The number of para-hydroxylation sites is 1. The number of fused-ring (bicyclic) bond motifs is 1. The second-order valence-corrected chi connectivity index (χ2v) is 6.38. The first-order valence-electron chi connectivity index (χ1n) is 8.99. The van der Waals surface area contributed by atoms with Crippen LogP contribution in [0.5, 0.6) is 0 Å². The molecule has 2 atom stereocenters. The van der Waals surface area contributed by atoms with Gasteiger partial charge < -0.3 is 32.0 Å². The van der Waals surface area contributed by atoms with Crippen LogP contribution in [0.3, 0.4) is 0 Å². The molecule has 2 unspecified atom stereocenters. The number of benzene rings is 1. The van der Waals surface area contributed by atoms with Crippen LogP contribution < -0.4 is 16.8 Å². The van der Waals surface area contributed by atoms with Gasteiger partial charge in [-0.3, -0.25) is 9.59 Å². The summed E-state index contributed by atoms with van der Waals surface area (Å²) in [6.45, 7) is 1.91. The summed E-state index contributed by atoms with van der Waals surface area (Å²) in [7, 11) is 0. The van der Waals surface area contributed by atoms with Crippen molar-refractivity contribution >= 4 is 28.7 Å². The highest BCUT2D eigenvalue weighted by molar-refractivity contribution is 5.86. The number of rotatable bonds is 9. The molecule has 0 aliphatic heterocycles. The number of H-pyrrole nitrogens is 1. The van der Waals surface area contributed by atoms with Crippen molar-refractivity contribution in [1.82, 2.24) is 10.3 Å². The van der Waals surface area contributed by atoms with Crippen LogP contribution in [0.1, 0.15) is 31.7 Å². The third kappa shape index (κ3) is 7.77. The summed E-state index contributed by atoms with van der Waals surface area (Å²) in [5, 5.41) is 20.8. The number of carboxylic acids is 2. The third-order valence-corrected chi connectivity index (χ3v) is 4.06. The monoisotopic (exact) mass is 392 g/mol. The maximum atomic E-state index is 11.1. The minimum absolute atomic E-state index is 0.263. The minimum Gasteiger partial charge on any atom is -0.480 e. The third-order valence-electron chi connectivity index (χ3n) is 4.06. The summed E-state index contributed by atoms with van der Waals surface area (Å²) >= 11 is 0. The molecular weight excluding hydrogens is 364 g/mol. The smallest absolute Gasteiger partial charge is 0.326 e. The Morgan fingerprint density at radius 3 is 2.39 bits per heavy atom. The highest BCUT2D eigenvalue weighted by Gasteiger charge is 2.20. The van der Waals surface area contributed by atoms with Gasteiger partial charge in [0.15, 0.2) is 0 Å². The number of carbonyl (C=O) groups is 3. The normalized spacial score (nSPS) is 12.5. The maximum Gasteiger partial charge on any atom is 0.326 e. The van der Waals surface area contributed by atoms with E-state index in [1.165, 1.54) is 6.92 Å². The molecular formula is C19H28N4O5. The summed E-state index contributed by atoms with van der Waals surface area (Å²) in [6.07, 6.45) is 4.21. The summed E-state index contributed by atoms with van der Waals surface area (Å²) < 4.78 is 0. The fourth-order valence-corrected chi connectivity index (χ4v) is 2.60. The fourth-order valence-electron chi connectivity index (χ4n) is 2.60. The first kappa shape index (κ1) is 23.1. The lowest BCUT2D eigenvalue weighted by Crippen LogP contribution is -2.41. The summed E-state index contributed by atoms with van der Waals surface area (Å²) in [6, 6.07) is 6.04. The molecule has 0 aliphatic rings. The Bertz CT molecular complexity index is 789. The second kappa shape index (κ2) is 11.7. The molecule has 1 amide bonds. The molecule has 28 heavy (non-hydrogen) atoms. The Morgan fingerprint density at radius 1 is 1.14 bits per heavy atom. The number of amides is 1. The molecule has 0 radical (unpaired) electrons. The van der Waals surface area contributed by atoms with E-state index in [0.29, 0.717) is 13.0 Å². The van der Waals surface area contributed by atoms with Crippen molar-refractivity contribution in [3.8, 4) is 0 Å². The molecule has 1 aromatic heterocycles. The number of aromatic amines is 1. The number of carbonyl (C=O) groups excluding carboxylic acids is 1. The standard InChI is InChI=1S/C13H14N2O3.C6H14N2O2/c1-8(16)15-12(13(17)18)6-9-7-14-11-5-3-2-4-10(9)11;7-4-2-1-3-5(8)6(9)10/h2-5,7,12,14H,6H2,1H3,(H,15,16)(H,17,18);5H,1-4,7-8H2,(H,9,10). The van der Waals surface area contributed by atoms with E-state index in [9.17, 15) is 14.4 Å². The Kier molecular flexibility index (Phi) is 9.69. The molecule has 0 saturated carbocycles. The van der Waals surface area contributed by atoms with Crippen molar-refractivity contribution in [2.24, 2.45) is 11.5 Å². The number of hydrogen-bond acceptors (Lipinski definition) is 5. The molecule has 154 valence electrons. The number of aliphatic carboxylic acids is 2. The Hall–Kier alpha value is -2.91. The first-order chi connectivity index (χ1) is 13.3. The molecule has 2 rings (SSSR count). The predicted molar refractivity (Wildman–Crippen MR) is 106 cm³/mol. The van der Waals surface area contributed by atoms with Crippen molar-refractivity contribution in [3.63, 3.8) is 0 Å². The minimum atomic E-state index is -1.03. The van der Waals surface area contributed by atoms with Gasteiger partial charge in [0.05, 0.1) is 0 Å². The molecule has 8 N–H and O–H groups in total. The van der Waals surface area contributed by atoms with E-state index in [1.54, 1.807) is 6.20 Å². The van der Waals surface area contributed by atoms with Crippen LogP contribution in [0, 0.1) is 0 Å². The quantitative estimate of drug-likeness (QED) is 0.343. The number of nitrogens with one attached hydrogen (secondary N) is 2. The fraction of sp³-hybridized carbons (Fsp3) is 0.421. The van der Waals surface area contributed by atoms with Gasteiger partial charge in [-0.15, -0.1) is 0 Å². The van der Waals surface area contributed by atoms with E-state index >= 15 is 0 Å². The average molecular weight is 392 g/mol. The lowest BCUT2D eigenvalue weighted by molar-refractivity contribution is -0.141. The highest BCUT2D eigenvalue weighted by Crippen LogP contribution is 2.19. The molecule has 2 aromatic rings. The zero-order valence-electron chi connectivity index (χ0n) is 15.9. The molecule has 1 heterocycles. The Balaban J connectivity index is 0.000000336. The molecule has 0 fully saturated rings. The van der Waals surface area contributed by atoms with Crippen LogP contribution in [0.25, 0.3) is 10.9 Å². The van der Waals surface area contributed by atoms with Gasteiger partial charge in [0.1, 0.15) is 12.1 Å². The molecule has 0 aliphatic carbocycles. The van der Waals surface area contributed by atoms with E-state index in [0.717, 1.165) is 29.3 Å². The number of carboxylic acid groups (broad SMARTS) is 2. The van der Waals surface area contributed by atoms with Crippen LogP contribution >= 0.6 is 0 Å². The summed E-state index contributed by atoms with van der Waals surface area (Å²) in [5.74, 6) is -2.31. The predicted octanol–water partition coefficient (Wildman–Crippen LogP) is 0.827. The average Bonchev–Trinajstić information content (AvgIpc) is 3.04. The molecule has 9 heteroatoms. The summed E-state index contributed by atoms with van der Waals surface area (Å²) in [4.78, 5) is 35.3. The van der Waals surface area contributed by atoms with Gasteiger partial charge in [-0.05, 0) is 31.0 Å². The van der Waals surface area contributed by atoms with Crippen LogP contribution in [0.4, 0.5) is 0 Å². The van der Waals surface area contributed by atoms with Gasteiger partial charge in [0.25, 0.3) is 0 Å². The second-order valence-electron chi connectivity index (χ2n) is 6.38.